The average molecular weight is 343 g/mol. The molecular weight excluding hydrogens is 321 g/mol. The summed E-state index contributed by atoms with van der Waals surface area (Å²) in [6, 6.07) is 9.85. The van der Waals surface area contributed by atoms with Gasteiger partial charge < -0.3 is 10.4 Å². The Balaban J connectivity index is 2.09. The lowest BCUT2D eigenvalue weighted by molar-refractivity contribution is -0.141. The van der Waals surface area contributed by atoms with Gasteiger partial charge in [-0.15, -0.1) is 0 Å². The van der Waals surface area contributed by atoms with E-state index in [1.54, 1.807) is 13.0 Å². The van der Waals surface area contributed by atoms with Gasteiger partial charge in [-0.1, -0.05) is 24.3 Å². The molecule has 0 radical (unpaired) electrons. The van der Waals surface area contributed by atoms with Crippen LogP contribution in [-0.4, -0.2) is 23.5 Å². The van der Waals surface area contributed by atoms with Crippen LogP contribution in [0.1, 0.15) is 32.6 Å². The molecule has 1 atom stereocenters. The number of aryl methyl sites for hydroxylation is 3. The second-order valence-corrected chi connectivity index (χ2v) is 6.29. The molecule has 2 N–H and O–H groups in total. The van der Waals surface area contributed by atoms with Crippen LogP contribution in [0.4, 0.5) is 4.39 Å². The standard InChI is InChI=1S/C20H22FNO3/c1-12-5-4-6-13(2)18(12)19(23)22-11-16(20(24)25)10-15-7-8-17(21)9-14(15)3/h4-9,16H,10-11H2,1-3H3,(H,22,23)(H,24,25). The molecule has 2 rings (SSSR count). The lowest BCUT2D eigenvalue weighted by atomic mass is 9.95. The van der Waals surface area contributed by atoms with E-state index in [9.17, 15) is 19.1 Å². The number of carboxylic acids is 1. The number of hydrogen-bond donors (Lipinski definition) is 2. The number of carbonyl (C=O) groups excluding carboxylic acids is 1. The van der Waals surface area contributed by atoms with Crippen LogP contribution >= 0.6 is 0 Å². The fraction of sp³-hybridized carbons (Fsp3) is 0.300. The molecule has 0 heterocycles. The van der Waals surface area contributed by atoms with E-state index < -0.39 is 11.9 Å². The average Bonchev–Trinajstić information content (AvgIpc) is 2.52. The molecule has 1 unspecified atom stereocenters. The summed E-state index contributed by atoms with van der Waals surface area (Å²) in [7, 11) is 0. The lowest BCUT2D eigenvalue weighted by Gasteiger charge is -2.16. The highest BCUT2D eigenvalue weighted by atomic mass is 19.1. The van der Waals surface area contributed by atoms with Crippen molar-refractivity contribution in [3.05, 3.63) is 70.0 Å². The van der Waals surface area contributed by atoms with Crippen LogP contribution in [0.25, 0.3) is 0 Å². The molecular formula is C20H22FNO3. The third-order valence-electron chi connectivity index (χ3n) is 4.34. The summed E-state index contributed by atoms with van der Waals surface area (Å²) in [6.07, 6.45) is 0.231. The highest BCUT2D eigenvalue weighted by molar-refractivity contribution is 5.97. The maximum atomic E-state index is 13.2. The van der Waals surface area contributed by atoms with Gasteiger partial charge in [-0.2, -0.15) is 0 Å². The van der Waals surface area contributed by atoms with Crippen molar-refractivity contribution in [2.45, 2.75) is 27.2 Å². The molecule has 0 aliphatic rings. The molecule has 25 heavy (non-hydrogen) atoms. The first-order valence-electron chi connectivity index (χ1n) is 8.12. The number of hydrogen-bond acceptors (Lipinski definition) is 2. The van der Waals surface area contributed by atoms with Gasteiger partial charge >= 0.3 is 5.97 Å². The Hall–Kier alpha value is -2.69. The van der Waals surface area contributed by atoms with Gasteiger partial charge in [0.25, 0.3) is 5.91 Å². The van der Waals surface area contributed by atoms with Crippen molar-refractivity contribution in [2.75, 3.05) is 6.54 Å². The molecule has 5 heteroatoms. The Morgan fingerprint density at radius 3 is 2.28 bits per heavy atom. The van der Waals surface area contributed by atoms with Gasteiger partial charge in [-0.3, -0.25) is 9.59 Å². The van der Waals surface area contributed by atoms with Crippen LogP contribution in [0.5, 0.6) is 0 Å². The van der Waals surface area contributed by atoms with Crippen LogP contribution < -0.4 is 5.32 Å². The Kier molecular flexibility index (Phi) is 5.91. The highest BCUT2D eigenvalue weighted by Crippen LogP contribution is 2.16. The minimum absolute atomic E-state index is 0.0127. The SMILES string of the molecule is Cc1cc(F)ccc1CC(CNC(=O)c1c(C)cccc1C)C(=O)O. The summed E-state index contributed by atoms with van der Waals surface area (Å²) in [4.78, 5) is 24.0. The topological polar surface area (TPSA) is 66.4 Å². The summed E-state index contributed by atoms with van der Waals surface area (Å²) in [5, 5.41) is 12.2. The van der Waals surface area contributed by atoms with Gasteiger partial charge in [0.1, 0.15) is 5.82 Å². The van der Waals surface area contributed by atoms with Crippen molar-refractivity contribution in [3.8, 4) is 0 Å². The van der Waals surface area contributed by atoms with Gasteiger partial charge in [0.05, 0.1) is 5.92 Å². The van der Waals surface area contributed by atoms with Gasteiger partial charge in [0.15, 0.2) is 0 Å². The maximum absolute atomic E-state index is 13.2. The van der Waals surface area contributed by atoms with E-state index in [1.165, 1.54) is 12.1 Å². The van der Waals surface area contributed by atoms with Crippen molar-refractivity contribution in [3.63, 3.8) is 0 Å². The number of carboxylic acid groups (broad SMARTS) is 1. The fourth-order valence-electron chi connectivity index (χ4n) is 2.88. The monoisotopic (exact) mass is 343 g/mol. The van der Waals surface area contributed by atoms with Crippen LogP contribution in [0, 0.1) is 32.5 Å². The Bertz CT molecular complexity index is 781. The summed E-state index contributed by atoms with van der Waals surface area (Å²) >= 11 is 0. The van der Waals surface area contributed by atoms with E-state index in [1.807, 2.05) is 32.0 Å². The van der Waals surface area contributed by atoms with E-state index in [0.717, 1.165) is 16.7 Å². The molecule has 0 bridgehead atoms. The molecule has 0 saturated carbocycles. The largest absolute Gasteiger partial charge is 0.481 e. The molecule has 132 valence electrons. The van der Waals surface area contributed by atoms with Crippen LogP contribution in [0.15, 0.2) is 36.4 Å². The Morgan fingerprint density at radius 2 is 1.72 bits per heavy atom. The van der Waals surface area contributed by atoms with Crippen LogP contribution in [0.2, 0.25) is 0 Å². The number of rotatable bonds is 6. The molecule has 1 amide bonds. The van der Waals surface area contributed by atoms with E-state index in [4.69, 9.17) is 0 Å². The first-order chi connectivity index (χ1) is 11.8. The molecule has 0 saturated heterocycles. The zero-order valence-corrected chi connectivity index (χ0v) is 14.6. The molecule has 0 aliphatic carbocycles. The van der Waals surface area contributed by atoms with Crippen molar-refractivity contribution in [1.29, 1.82) is 0 Å². The van der Waals surface area contributed by atoms with Crippen LogP contribution in [0.3, 0.4) is 0 Å². The number of nitrogens with one attached hydrogen (secondary N) is 1. The zero-order valence-electron chi connectivity index (χ0n) is 14.6. The smallest absolute Gasteiger partial charge is 0.308 e. The highest BCUT2D eigenvalue weighted by Gasteiger charge is 2.21. The van der Waals surface area contributed by atoms with E-state index in [0.29, 0.717) is 11.1 Å². The van der Waals surface area contributed by atoms with Gasteiger partial charge in [0.2, 0.25) is 0 Å². The van der Waals surface area contributed by atoms with E-state index in [-0.39, 0.29) is 24.7 Å². The molecule has 0 aromatic heterocycles. The molecule has 0 fully saturated rings. The first kappa shape index (κ1) is 18.6. The second kappa shape index (κ2) is 7.92. The molecule has 2 aromatic rings. The minimum Gasteiger partial charge on any atom is -0.481 e. The Morgan fingerprint density at radius 1 is 1.08 bits per heavy atom. The van der Waals surface area contributed by atoms with Crippen molar-refractivity contribution >= 4 is 11.9 Å². The van der Waals surface area contributed by atoms with Crippen molar-refractivity contribution in [2.24, 2.45) is 5.92 Å². The number of carbonyl (C=O) groups is 2. The van der Waals surface area contributed by atoms with Gasteiger partial charge in [0, 0.05) is 12.1 Å². The summed E-state index contributed by atoms with van der Waals surface area (Å²) in [5.41, 5.74) is 3.73. The number of benzene rings is 2. The first-order valence-corrected chi connectivity index (χ1v) is 8.12. The fourth-order valence-corrected chi connectivity index (χ4v) is 2.88. The molecule has 0 aliphatic heterocycles. The number of halogens is 1. The molecule has 4 nitrogen and oxygen atoms in total. The quantitative estimate of drug-likeness (QED) is 0.844. The molecule has 2 aromatic carbocycles. The second-order valence-electron chi connectivity index (χ2n) is 6.29. The van der Waals surface area contributed by atoms with E-state index >= 15 is 0 Å². The Labute approximate surface area is 146 Å². The lowest BCUT2D eigenvalue weighted by Crippen LogP contribution is -2.34. The van der Waals surface area contributed by atoms with Crippen molar-refractivity contribution < 1.29 is 19.1 Å². The third-order valence-corrected chi connectivity index (χ3v) is 4.34. The maximum Gasteiger partial charge on any atom is 0.308 e. The predicted octanol–water partition coefficient (Wildman–Crippen LogP) is 3.42. The number of aliphatic carboxylic acids is 1. The predicted molar refractivity (Wildman–Crippen MR) is 94.2 cm³/mol. The van der Waals surface area contributed by atoms with Crippen molar-refractivity contribution in [1.82, 2.24) is 5.32 Å². The van der Waals surface area contributed by atoms with Crippen LogP contribution in [-0.2, 0) is 11.2 Å². The van der Waals surface area contributed by atoms with Gasteiger partial charge in [-0.05, 0) is 61.6 Å². The summed E-state index contributed by atoms with van der Waals surface area (Å²) in [5.74, 6) is -2.41. The minimum atomic E-state index is -0.995. The van der Waals surface area contributed by atoms with Gasteiger partial charge in [-0.25, -0.2) is 4.39 Å². The summed E-state index contributed by atoms with van der Waals surface area (Å²) < 4.78 is 13.2. The molecule has 0 spiro atoms. The normalized spacial score (nSPS) is 11.8. The summed E-state index contributed by atoms with van der Waals surface area (Å²) in [6.45, 7) is 5.45. The zero-order chi connectivity index (χ0) is 18.6. The number of amides is 1. The third kappa shape index (κ3) is 4.66. The van der Waals surface area contributed by atoms with E-state index in [2.05, 4.69) is 5.32 Å².